The van der Waals surface area contributed by atoms with E-state index in [1.54, 1.807) is 12.1 Å². The molecule has 0 aromatic heterocycles. The third-order valence-electron chi connectivity index (χ3n) is 2.51. The normalized spacial score (nSPS) is 12.1. The van der Waals surface area contributed by atoms with Crippen molar-refractivity contribution in [3.05, 3.63) is 34.9 Å². The second-order valence-electron chi connectivity index (χ2n) is 3.80. The highest BCUT2D eigenvalue weighted by molar-refractivity contribution is 6.17. The number of rotatable bonds is 6. The Morgan fingerprint density at radius 3 is 2.44 bits per heavy atom. The van der Waals surface area contributed by atoms with E-state index in [1.165, 1.54) is 6.07 Å². The molecule has 0 fully saturated rings. The van der Waals surface area contributed by atoms with Gasteiger partial charge in [0, 0.05) is 12.3 Å². The van der Waals surface area contributed by atoms with Gasteiger partial charge in [0.1, 0.15) is 0 Å². The molecule has 0 radical (unpaired) electrons. The smallest absolute Gasteiger partial charge is 0.337 e. The summed E-state index contributed by atoms with van der Waals surface area (Å²) in [6.45, 7) is 0. The summed E-state index contributed by atoms with van der Waals surface area (Å²) >= 11 is 5.66. The molecule has 0 amide bonds. The van der Waals surface area contributed by atoms with Gasteiger partial charge in [-0.15, -0.1) is 11.6 Å². The Morgan fingerprint density at radius 2 is 1.94 bits per heavy atom. The molecule has 0 aliphatic heterocycles. The minimum atomic E-state index is -1.65. The van der Waals surface area contributed by atoms with Gasteiger partial charge >= 0.3 is 11.9 Å². The van der Waals surface area contributed by atoms with Crippen LogP contribution in [0.1, 0.15) is 29.2 Å². The van der Waals surface area contributed by atoms with Gasteiger partial charge in [-0.25, -0.2) is 4.79 Å². The van der Waals surface area contributed by atoms with Crippen molar-refractivity contribution in [2.75, 3.05) is 0 Å². The second kappa shape index (κ2) is 6.37. The number of carboxylic acid groups (broad SMARTS) is 2. The van der Waals surface area contributed by atoms with E-state index in [1.807, 2.05) is 0 Å². The number of hydrogen-bond donors (Lipinski definition) is 3. The van der Waals surface area contributed by atoms with E-state index < -0.39 is 18.0 Å². The average molecular weight is 273 g/mol. The largest absolute Gasteiger partial charge is 0.481 e. The third kappa shape index (κ3) is 3.72. The number of aliphatic carboxylic acids is 2. The summed E-state index contributed by atoms with van der Waals surface area (Å²) in [5.41, 5.74) is 1.38. The summed E-state index contributed by atoms with van der Waals surface area (Å²) in [6, 6.07) is 4.77. The summed E-state index contributed by atoms with van der Waals surface area (Å²) in [6.07, 6.45) is -1.43. The molecular formula is C12H13ClO5. The Kier molecular flexibility index (Phi) is 5.12. The van der Waals surface area contributed by atoms with Gasteiger partial charge in [0.2, 0.25) is 0 Å². The van der Waals surface area contributed by atoms with Crippen molar-refractivity contribution in [2.24, 2.45) is 0 Å². The average Bonchev–Trinajstić information content (AvgIpc) is 2.34. The third-order valence-corrected chi connectivity index (χ3v) is 2.80. The number of halogens is 1. The van der Waals surface area contributed by atoms with Crippen LogP contribution in [0, 0.1) is 0 Å². The standard InChI is InChI=1S/C12H13ClO5/c13-6-8-3-1-7(2-4-10(14)15)5-9(8)11(16)12(17)18/h1,3,5,11,16H,2,4,6H2,(H,14,15)(H,17,18). The van der Waals surface area contributed by atoms with Gasteiger partial charge in [-0.05, 0) is 23.1 Å². The van der Waals surface area contributed by atoms with Crippen molar-refractivity contribution in [1.82, 2.24) is 0 Å². The number of aliphatic hydroxyl groups excluding tert-OH is 1. The molecule has 0 aliphatic rings. The molecule has 18 heavy (non-hydrogen) atoms. The van der Waals surface area contributed by atoms with E-state index in [4.69, 9.17) is 21.8 Å². The van der Waals surface area contributed by atoms with Crippen LogP contribution in [0.25, 0.3) is 0 Å². The molecule has 1 rings (SSSR count). The molecule has 0 saturated heterocycles. The Balaban J connectivity index is 3.01. The Hall–Kier alpha value is -1.59. The van der Waals surface area contributed by atoms with Crippen molar-refractivity contribution < 1.29 is 24.9 Å². The molecule has 98 valence electrons. The molecule has 1 aromatic carbocycles. The van der Waals surface area contributed by atoms with E-state index in [0.29, 0.717) is 11.1 Å². The lowest BCUT2D eigenvalue weighted by Crippen LogP contribution is -2.13. The van der Waals surface area contributed by atoms with Gasteiger partial charge in [-0.2, -0.15) is 0 Å². The van der Waals surface area contributed by atoms with Crippen molar-refractivity contribution in [3.63, 3.8) is 0 Å². The first-order valence-corrected chi connectivity index (χ1v) is 5.79. The monoisotopic (exact) mass is 272 g/mol. The van der Waals surface area contributed by atoms with Crippen molar-refractivity contribution in [1.29, 1.82) is 0 Å². The Labute approximate surface area is 109 Å². The zero-order valence-corrected chi connectivity index (χ0v) is 10.2. The minimum absolute atomic E-state index is 0.0527. The highest BCUT2D eigenvalue weighted by atomic mass is 35.5. The van der Waals surface area contributed by atoms with Crippen molar-refractivity contribution in [3.8, 4) is 0 Å². The van der Waals surface area contributed by atoms with Crippen LogP contribution in [0.15, 0.2) is 18.2 Å². The van der Waals surface area contributed by atoms with Gasteiger partial charge in [0.15, 0.2) is 6.10 Å². The highest BCUT2D eigenvalue weighted by Gasteiger charge is 2.19. The number of carbonyl (C=O) groups is 2. The van der Waals surface area contributed by atoms with Crippen LogP contribution in [0.4, 0.5) is 0 Å². The number of aliphatic hydroxyl groups is 1. The van der Waals surface area contributed by atoms with Crippen LogP contribution in [0.5, 0.6) is 0 Å². The summed E-state index contributed by atoms with van der Waals surface area (Å²) in [5, 5.41) is 26.9. The number of benzene rings is 1. The predicted molar refractivity (Wildman–Crippen MR) is 64.6 cm³/mol. The van der Waals surface area contributed by atoms with Gasteiger partial charge in [-0.3, -0.25) is 4.79 Å². The molecule has 1 aromatic rings. The van der Waals surface area contributed by atoms with E-state index in [2.05, 4.69) is 0 Å². The summed E-state index contributed by atoms with van der Waals surface area (Å²) in [7, 11) is 0. The molecule has 0 aliphatic carbocycles. The molecular weight excluding hydrogens is 260 g/mol. The number of hydrogen-bond acceptors (Lipinski definition) is 3. The first-order valence-electron chi connectivity index (χ1n) is 5.26. The lowest BCUT2D eigenvalue weighted by atomic mass is 9.98. The van der Waals surface area contributed by atoms with Crippen LogP contribution < -0.4 is 0 Å². The maximum atomic E-state index is 10.8. The molecule has 1 atom stereocenters. The van der Waals surface area contributed by atoms with Gasteiger partial charge < -0.3 is 15.3 Å². The maximum absolute atomic E-state index is 10.8. The van der Waals surface area contributed by atoms with Crippen LogP contribution >= 0.6 is 11.6 Å². The lowest BCUT2D eigenvalue weighted by Gasteiger charge is -2.12. The van der Waals surface area contributed by atoms with E-state index >= 15 is 0 Å². The Morgan fingerprint density at radius 1 is 1.28 bits per heavy atom. The SMILES string of the molecule is O=C(O)CCc1ccc(CCl)c(C(O)C(=O)O)c1. The van der Waals surface area contributed by atoms with Crippen LogP contribution in [-0.4, -0.2) is 27.3 Å². The minimum Gasteiger partial charge on any atom is -0.481 e. The molecule has 3 N–H and O–H groups in total. The molecule has 0 bridgehead atoms. The first-order chi connectivity index (χ1) is 8.45. The molecule has 5 nitrogen and oxygen atoms in total. The topological polar surface area (TPSA) is 94.8 Å². The molecule has 1 unspecified atom stereocenters. The van der Waals surface area contributed by atoms with E-state index in [9.17, 15) is 14.7 Å². The Bertz CT molecular complexity index is 458. The van der Waals surface area contributed by atoms with Gasteiger partial charge in [-0.1, -0.05) is 18.2 Å². The second-order valence-corrected chi connectivity index (χ2v) is 4.07. The fourth-order valence-corrected chi connectivity index (χ4v) is 1.80. The fraction of sp³-hybridized carbons (Fsp3) is 0.333. The molecule has 0 heterocycles. The van der Waals surface area contributed by atoms with Crippen LogP contribution in [0.3, 0.4) is 0 Å². The molecule has 0 saturated carbocycles. The quantitative estimate of drug-likeness (QED) is 0.683. The zero-order chi connectivity index (χ0) is 13.7. The molecule has 0 spiro atoms. The fourth-order valence-electron chi connectivity index (χ4n) is 1.56. The summed E-state index contributed by atoms with van der Waals surface area (Å²) in [4.78, 5) is 21.2. The zero-order valence-electron chi connectivity index (χ0n) is 9.47. The maximum Gasteiger partial charge on any atom is 0.337 e. The predicted octanol–water partition coefficient (Wildman–Crippen LogP) is 1.56. The van der Waals surface area contributed by atoms with E-state index in [0.717, 1.165) is 0 Å². The van der Waals surface area contributed by atoms with E-state index in [-0.39, 0.29) is 24.3 Å². The molecule has 6 heteroatoms. The van der Waals surface area contributed by atoms with Crippen molar-refractivity contribution >= 4 is 23.5 Å². The number of alkyl halides is 1. The lowest BCUT2D eigenvalue weighted by molar-refractivity contribution is -0.147. The van der Waals surface area contributed by atoms with Crippen LogP contribution in [0.2, 0.25) is 0 Å². The first kappa shape index (κ1) is 14.5. The summed E-state index contributed by atoms with van der Waals surface area (Å²) in [5.74, 6) is -2.22. The van der Waals surface area contributed by atoms with Crippen LogP contribution in [-0.2, 0) is 21.9 Å². The van der Waals surface area contributed by atoms with Crippen molar-refractivity contribution in [2.45, 2.75) is 24.8 Å². The van der Waals surface area contributed by atoms with Gasteiger partial charge in [0.25, 0.3) is 0 Å². The summed E-state index contributed by atoms with van der Waals surface area (Å²) < 4.78 is 0. The number of aryl methyl sites for hydroxylation is 1. The number of carboxylic acids is 2. The highest BCUT2D eigenvalue weighted by Crippen LogP contribution is 2.22. The van der Waals surface area contributed by atoms with Gasteiger partial charge in [0.05, 0.1) is 0 Å².